The van der Waals surface area contributed by atoms with E-state index >= 15 is 0 Å². The van der Waals surface area contributed by atoms with Crippen LogP contribution in [0.25, 0.3) is 0 Å². The minimum atomic E-state index is 0.434. The predicted octanol–water partition coefficient (Wildman–Crippen LogP) is 2.99. The van der Waals surface area contributed by atoms with Gasteiger partial charge >= 0.3 is 0 Å². The van der Waals surface area contributed by atoms with Gasteiger partial charge in [-0.3, -0.25) is 4.90 Å². The molecule has 3 nitrogen and oxygen atoms in total. The zero-order chi connectivity index (χ0) is 13.2. The molecular weight excluding hydrogens is 222 g/mol. The van der Waals surface area contributed by atoms with Gasteiger partial charge < -0.3 is 5.32 Å². The maximum Gasteiger partial charge on any atom is 0.125 e. The molecule has 0 amide bonds. The van der Waals surface area contributed by atoms with E-state index in [1.165, 1.54) is 25.1 Å². The van der Waals surface area contributed by atoms with E-state index in [1.54, 1.807) is 0 Å². The number of pyridine rings is 1. The maximum atomic E-state index is 4.37. The Kier molecular flexibility index (Phi) is 3.91. The molecule has 0 aromatic carbocycles. The van der Waals surface area contributed by atoms with Crippen molar-refractivity contribution >= 4 is 5.82 Å². The highest BCUT2D eigenvalue weighted by molar-refractivity contribution is 5.34. The molecule has 18 heavy (non-hydrogen) atoms. The van der Waals surface area contributed by atoms with Crippen molar-refractivity contribution in [1.29, 1.82) is 0 Å². The van der Waals surface area contributed by atoms with Crippen LogP contribution < -0.4 is 5.32 Å². The largest absolute Gasteiger partial charge is 0.373 e. The summed E-state index contributed by atoms with van der Waals surface area (Å²) in [6, 6.07) is 4.22. The molecule has 0 radical (unpaired) electrons. The lowest BCUT2D eigenvalue weighted by molar-refractivity contribution is 0.226. The fourth-order valence-corrected chi connectivity index (χ4v) is 2.61. The van der Waals surface area contributed by atoms with E-state index in [0.29, 0.717) is 5.41 Å². The van der Waals surface area contributed by atoms with Crippen LogP contribution in [-0.2, 0) is 6.54 Å². The van der Waals surface area contributed by atoms with Crippen molar-refractivity contribution in [1.82, 2.24) is 9.88 Å². The monoisotopic (exact) mass is 247 g/mol. The van der Waals surface area contributed by atoms with Crippen LogP contribution in [-0.4, -0.2) is 30.0 Å². The van der Waals surface area contributed by atoms with Crippen molar-refractivity contribution in [3.05, 3.63) is 23.9 Å². The quantitative estimate of drug-likeness (QED) is 0.890. The molecule has 1 N–H and O–H groups in total. The molecule has 3 heteroatoms. The number of nitrogens with zero attached hydrogens (tertiary/aromatic N) is 2. The molecule has 1 aromatic heterocycles. The molecule has 1 aliphatic rings. The second-order valence-corrected chi connectivity index (χ2v) is 6.39. The molecule has 1 aliphatic heterocycles. The highest BCUT2D eigenvalue weighted by Crippen LogP contribution is 2.33. The van der Waals surface area contributed by atoms with Crippen LogP contribution in [0.5, 0.6) is 0 Å². The average molecular weight is 247 g/mol. The first-order valence-electron chi connectivity index (χ1n) is 6.84. The van der Waals surface area contributed by atoms with Crippen LogP contribution >= 0.6 is 0 Å². The summed E-state index contributed by atoms with van der Waals surface area (Å²) in [5, 5.41) is 3.05. The first kappa shape index (κ1) is 13.3. The van der Waals surface area contributed by atoms with E-state index in [2.05, 4.69) is 42.0 Å². The summed E-state index contributed by atoms with van der Waals surface area (Å²) in [4.78, 5) is 6.92. The first-order chi connectivity index (χ1) is 8.49. The van der Waals surface area contributed by atoms with Gasteiger partial charge in [-0.2, -0.15) is 0 Å². The van der Waals surface area contributed by atoms with Crippen molar-refractivity contribution in [2.45, 2.75) is 33.7 Å². The molecular formula is C15H25N3. The molecule has 1 aromatic rings. The molecule has 2 rings (SSSR count). The lowest BCUT2D eigenvalue weighted by Crippen LogP contribution is -2.25. The van der Waals surface area contributed by atoms with Crippen molar-refractivity contribution in [3.8, 4) is 0 Å². The number of aromatic nitrogens is 1. The topological polar surface area (TPSA) is 28.2 Å². The highest BCUT2D eigenvalue weighted by atomic mass is 15.1. The Morgan fingerprint density at radius 1 is 1.39 bits per heavy atom. The van der Waals surface area contributed by atoms with Crippen molar-refractivity contribution in [2.75, 3.05) is 25.5 Å². The van der Waals surface area contributed by atoms with Crippen LogP contribution in [0.3, 0.4) is 0 Å². The molecule has 1 fully saturated rings. The smallest absolute Gasteiger partial charge is 0.125 e. The number of rotatable bonds is 3. The van der Waals surface area contributed by atoms with Crippen molar-refractivity contribution in [3.63, 3.8) is 0 Å². The van der Waals surface area contributed by atoms with E-state index in [1.807, 2.05) is 19.3 Å². The normalized spacial score (nSPS) is 21.2. The molecule has 0 saturated carbocycles. The minimum absolute atomic E-state index is 0.434. The van der Waals surface area contributed by atoms with Gasteiger partial charge in [0.1, 0.15) is 5.82 Å². The summed E-state index contributed by atoms with van der Waals surface area (Å²) in [5.74, 6) is 1.76. The van der Waals surface area contributed by atoms with Crippen LogP contribution in [0.1, 0.15) is 32.8 Å². The van der Waals surface area contributed by atoms with E-state index in [-0.39, 0.29) is 0 Å². The van der Waals surface area contributed by atoms with Gasteiger partial charge in [0.2, 0.25) is 0 Å². The summed E-state index contributed by atoms with van der Waals surface area (Å²) in [5.41, 5.74) is 1.74. The number of anilines is 1. The lowest BCUT2D eigenvalue weighted by atomic mass is 9.80. The third-order valence-corrected chi connectivity index (χ3v) is 3.98. The van der Waals surface area contributed by atoms with Crippen LogP contribution in [0.15, 0.2) is 18.3 Å². The Labute approximate surface area is 111 Å². The lowest BCUT2D eigenvalue weighted by Gasteiger charge is -2.27. The Bertz CT molecular complexity index is 378. The molecule has 1 atom stereocenters. The van der Waals surface area contributed by atoms with Gasteiger partial charge in [-0.05, 0) is 35.9 Å². The Balaban J connectivity index is 1.91. The molecule has 1 unspecified atom stereocenters. The van der Waals surface area contributed by atoms with Gasteiger partial charge in [0.15, 0.2) is 0 Å². The number of hydrogen-bond acceptors (Lipinski definition) is 3. The molecule has 2 heterocycles. The summed E-state index contributed by atoms with van der Waals surface area (Å²) in [6.45, 7) is 10.5. The third kappa shape index (κ3) is 3.22. The van der Waals surface area contributed by atoms with Gasteiger partial charge in [0.05, 0.1) is 0 Å². The predicted molar refractivity (Wildman–Crippen MR) is 76.6 cm³/mol. The Morgan fingerprint density at radius 2 is 2.17 bits per heavy atom. The van der Waals surface area contributed by atoms with E-state index in [0.717, 1.165) is 18.3 Å². The number of nitrogens with one attached hydrogen (secondary N) is 1. The Hall–Kier alpha value is -1.09. The fraction of sp³-hybridized carbons (Fsp3) is 0.667. The van der Waals surface area contributed by atoms with E-state index in [9.17, 15) is 0 Å². The van der Waals surface area contributed by atoms with Crippen LogP contribution in [0.2, 0.25) is 0 Å². The molecule has 0 bridgehead atoms. The van der Waals surface area contributed by atoms with Crippen LogP contribution in [0.4, 0.5) is 5.82 Å². The van der Waals surface area contributed by atoms with Gasteiger partial charge in [0, 0.05) is 26.3 Å². The molecule has 100 valence electrons. The SMILES string of the molecule is CNc1ccc(CN2CCC(C(C)(C)C)C2)cn1. The average Bonchev–Trinajstić information content (AvgIpc) is 2.78. The maximum absolute atomic E-state index is 4.37. The summed E-state index contributed by atoms with van der Waals surface area (Å²) in [7, 11) is 1.90. The highest BCUT2D eigenvalue weighted by Gasteiger charge is 2.31. The first-order valence-corrected chi connectivity index (χ1v) is 6.84. The molecule has 1 saturated heterocycles. The van der Waals surface area contributed by atoms with Gasteiger partial charge in [-0.25, -0.2) is 4.98 Å². The second-order valence-electron chi connectivity index (χ2n) is 6.39. The van der Waals surface area contributed by atoms with Gasteiger partial charge in [-0.1, -0.05) is 26.8 Å². The minimum Gasteiger partial charge on any atom is -0.373 e. The summed E-state index contributed by atoms with van der Waals surface area (Å²) in [6.07, 6.45) is 3.31. The summed E-state index contributed by atoms with van der Waals surface area (Å²) < 4.78 is 0. The molecule has 0 spiro atoms. The third-order valence-electron chi connectivity index (χ3n) is 3.98. The number of likely N-dealkylation sites (tertiary alicyclic amines) is 1. The number of hydrogen-bond donors (Lipinski definition) is 1. The zero-order valence-corrected chi connectivity index (χ0v) is 12.0. The second kappa shape index (κ2) is 5.27. The Morgan fingerprint density at radius 3 is 2.67 bits per heavy atom. The zero-order valence-electron chi connectivity index (χ0n) is 12.0. The van der Waals surface area contributed by atoms with Gasteiger partial charge in [0.25, 0.3) is 0 Å². The van der Waals surface area contributed by atoms with Gasteiger partial charge in [-0.15, -0.1) is 0 Å². The fourth-order valence-electron chi connectivity index (χ4n) is 2.61. The molecule has 0 aliphatic carbocycles. The van der Waals surface area contributed by atoms with Crippen molar-refractivity contribution in [2.24, 2.45) is 11.3 Å². The van der Waals surface area contributed by atoms with E-state index in [4.69, 9.17) is 0 Å². The standard InChI is InChI=1S/C15H25N3/c1-15(2,3)13-7-8-18(11-13)10-12-5-6-14(16-4)17-9-12/h5-6,9,13H,7-8,10-11H2,1-4H3,(H,16,17). The van der Waals surface area contributed by atoms with E-state index < -0.39 is 0 Å². The van der Waals surface area contributed by atoms with Crippen molar-refractivity contribution < 1.29 is 0 Å². The summed E-state index contributed by atoms with van der Waals surface area (Å²) >= 11 is 0. The van der Waals surface area contributed by atoms with Crippen LogP contribution in [0, 0.1) is 11.3 Å².